The maximum absolute atomic E-state index is 12.5. The minimum atomic E-state index is -4.53. The van der Waals surface area contributed by atoms with Crippen LogP contribution in [0.5, 0.6) is 0 Å². The number of nitrogens with zero attached hydrogens (tertiary/aromatic N) is 5. The van der Waals surface area contributed by atoms with Crippen molar-refractivity contribution < 1.29 is 18.0 Å². The lowest BCUT2D eigenvalue weighted by Crippen LogP contribution is -2.15. The third kappa shape index (κ3) is 3.85. The minimum absolute atomic E-state index is 0.0824. The van der Waals surface area contributed by atoms with Gasteiger partial charge in [0.05, 0.1) is 24.1 Å². The van der Waals surface area contributed by atoms with Crippen LogP contribution in [0.2, 0.25) is 0 Å². The van der Waals surface area contributed by atoms with E-state index in [2.05, 4.69) is 25.6 Å². The van der Waals surface area contributed by atoms with Gasteiger partial charge in [0.25, 0.3) is 5.91 Å². The average molecular weight is 362 g/mol. The fourth-order valence-corrected chi connectivity index (χ4v) is 2.21. The number of hydrogen-bond acceptors (Lipinski definition) is 5. The second-order valence-electron chi connectivity index (χ2n) is 5.42. The molecule has 0 spiro atoms. The van der Waals surface area contributed by atoms with Gasteiger partial charge in [-0.3, -0.25) is 9.78 Å². The quantitative estimate of drug-likeness (QED) is 0.771. The second-order valence-corrected chi connectivity index (χ2v) is 5.42. The van der Waals surface area contributed by atoms with Crippen LogP contribution in [-0.4, -0.2) is 30.9 Å². The van der Waals surface area contributed by atoms with Crippen molar-refractivity contribution in [1.29, 1.82) is 0 Å². The highest BCUT2D eigenvalue weighted by Crippen LogP contribution is 2.27. The van der Waals surface area contributed by atoms with Gasteiger partial charge in [-0.15, -0.1) is 5.10 Å². The first-order chi connectivity index (χ1) is 12.3. The summed E-state index contributed by atoms with van der Waals surface area (Å²) in [6, 6.07) is 5.55. The van der Waals surface area contributed by atoms with Gasteiger partial charge >= 0.3 is 6.18 Å². The van der Waals surface area contributed by atoms with Crippen LogP contribution in [0.1, 0.15) is 27.4 Å². The largest absolute Gasteiger partial charge is 0.433 e. The van der Waals surface area contributed by atoms with Crippen molar-refractivity contribution in [3.05, 3.63) is 65.5 Å². The molecule has 10 heteroatoms. The molecule has 26 heavy (non-hydrogen) atoms. The number of amides is 1. The SMILES string of the molecule is Cc1c(C(=O)Nc2ccc(C(F)(F)F)nc2)nnn1Cc1ccncc1. The van der Waals surface area contributed by atoms with E-state index in [1.54, 1.807) is 24.0 Å². The number of rotatable bonds is 4. The predicted octanol–water partition coefficient (Wildman–Crippen LogP) is 2.70. The number of carbonyl (C=O) groups is 1. The van der Waals surface area contributed by atoms with Gasteiger partial charge in [0.1, 0.15) is 5.69 Å². The Hall–Kier alpha value is -3.30. The lowest BCUT2D eigenvalue weighted by Gasteiger charge is -2.07. The predicted molar refractivity (Wildman–Crippen MR) is 85.3 cm³/mol. The Morgan fingerprint density at radius 2 is 1.92 bits per heavy atom. The summed E-state index contributed by atoms with van der Waals surface area (Å²) in [6.07, 6.45) is -0.300. The van der Waals surface area contributed by atoms with Crippen LogP contribution in [0.15, 0.2) is 42.9 Å². The number of carbonyl (C=O) groups excluding carboxylic acids is 1. The molecule has 0 saturated carbocycles. The standard InChI is InChI=1S/C16H13F3N6O/c1-10-14(23-24-25(10)9-11-4-6-20-7-5-11)15(26)22-12-2-3-13(21-8-12)16(17,18)19/h2-8H,9H2,1H3,(H,22,26). The zero-order chi connectivity index (χ0) is 18.7. The average Bonchev–Trinajstić information content (AvgIpc) is 2.96. The van der Waals surface area contributed by atoms with Crippen molar-refractivity contribution >= 4 is 11.6 Å². The van der Waals surface area contributed by atoms with Crippen molar-refractivity contribution in [2.24, 2.45) is 0 Å². The normalized spacial score (nSPS) is 11.4. The molecule has 0 unspecified atom stereocenters. The number of aromatic nitrogens is 5. The van der Waals surface area contributed by atoms with Crippen LogP contribution >= 0.6 is 0 Å². The number of alkyl halides is 3. The van der Waals surface area contributed by atoms with E-state index in [1.807, 2.05) is 12.1 Å². The summed E-state index contributed by atoms with van der Waals surface area (Å²) < 4.78 is 39.1. The highest BCUT2D eigenvalue weighted by atomic mass is 19.4. The first-order valence-electron chi connectivity index (χ1n) is 7.48. The lowest BCUT2D eigenvalue weighted by atomic mass is 10.2. The van der Waals surface area contributed by atoms with Gasteiger partial charge in [0.2, 0.25) is 0 Å². The van der Waals surface area contributed by atoms with E-state index in [1.165, 1.54) is 0 Å². The Labute approximate surface area is 145 Å². The maximum Gasteiger partial charge on any atom is 0.433 e. The molecule has 0 saturated heterocycles. The molecule has 0 atom stereocenters. The van der Waals surface area contributed by atoms with E-state index >= 15 is 0 Å². The first-order valence-corrected chi connectivity index (χ1v) is 7.48. The van der Waals surface area contributed by atoms with E-state index in [0.717, 1.165) is 23.9 Å². The minimum Gasteiger partial charge on any atom is -0.319 e. The summed E-state index contributed by atoms with van der Waals surface area (Å²) in [5.41, 5.74) is 0.645. The Balaban J connectivity index is 1.72. The molecular weight excluding hydrogens is 349 g/mol. The van der Waals surface area contributed by atoms with Crippen molar-refractivity contribution in [3.8, 4) is 0 Å². The van der Waals surface area contributed by atoms with Crippen molar-refractivity contribution in [2.75, 3.05) is 5.32 Å². The molecule has 0 aliphatic rings. The van der Waals surface area contributed by atoms with Crippen LogP contribution in [0.25, 0.3) is 0 Å². The Morgan fingerprint density at radius 1 is 1.19 bits per heavy atom. The molecule has 0 bridgehead atoms. The molecule has 3 aromatic rings. The van der Waals surface area contributed by atoms with E-state index in [0.29, 0.717) is 12.2 Å². The highest BCUT2D eigenvalue weighted by molar-refractivity contribution is 6.03. The van der Waals surface area contributed by atoms with E-state index in [-0.39, 0.29) is 11.4 Å². The number of nitrogens with one attached hydrogen (secondary N) is 1. The Morgan fingerprint density at radius 3 is 2.54 bits per heavy atom. The third-order valence-corrected chi connectivity index (χ3v) is 3.59. The molecule has 0 aliphatic heterocycles. The van der Waals surface area contributed by atoms with Gasteiger partial charge in [-0.05, 0) is 36.8 Å². The maximum atomic E-state index is 12.5. The molecular formula is C16H13F3N6O. The fourth-order valence-electron chi connectivity index (χ4n) is 2.21. The molecule has 3 heterocycles. The van der Waals surface area contributed by atoms with Gasteiger partial charge in [-0.2, -0.15) is 13.2 Å². The molecule has 0 aliphatic carbocycles. The molecule has 0 aromatic carbocycles. The topological polar surface area (TPSA) is 85.6 Å². The molecule has 134 valence electrons. The summed E-state index contributed by atoms with van der Waals surface area (Å²) in [5.74, 6) is -0.579. The first kappa shape index (κ1) is 17.5. The second kappa shape index (κ2) is 6.90. The number of hydrogen-bond donors (Lipinski definition) is 1. The van der Waals surface area contributed by atoms with Crippen LogP contribution in [-0.2, 0) is 12.7 Å². The molecule has 3 rings (SSSR count). The molecule has 0 fully saturated rings. The zero-order valence-corrected chi connectivity index (χ0v) is 13.5. The van der Waals surface area contributed by atoms with Crippen molar-refractivity contribution in [3.63, 3.8) is 0 Å². The van der Waals surface area contributed by atoms with E-state index in [9.17, 15) is 18.0 Å². The number of pyridine rings is 2. The molecule has 0 radical (unpaired) electrons. The summed E-state index contributed by atoms with van der Waals surface area (Å²) >= 11 is 0. The van der Waals surface area contributed by atoms with E-state index < -0.39 is 17.8 Å². The van der Waals surface area contributed by atoms with Crippen LogP contribution in [0.3, 0.4) is 0 Å². The molecule has 3 aromatic heterocycles. The summed E-state index contributed by atoms with van der Waals surface area (Å²) in [4.78, 5) is 19.5. The summed E-state index contributed by atoms with van der Waals surface area (Å²) in [7, 11) is 0. The Kier molecular flexibility index (Phi) is 4.65. The van der Waals surface area contributed by atoms with E-state index in [4.69, 9.17) is 0 Å². The molecule has 1 amide bonds. The van der Waals surface area contributed by atoms with Crippen LogP contribution in [0.4, 0.5) is 18.9 Å². The van der Waals surface area contributed by atoms with Crippen molar-refractivity contribution in [1.82, 2.24) is 25.0 Å². The van der Waals surface area contributed by atoms with Gasteiger partial charge in [-0.1, -0.05) is 5.21 Å². The smallest absolute Gasteiger partial charge is 0.319 e. The highest BCUT2D eigenvalue weighted by Gasteiger charge is 2.32. The van der Waals surface area contributed by atoms with Gasteiger partial charge in [0, 0.05) is 12.4 Å². The van der Waals surface area contributed by atoms with Gasteiger partial charge in [0.15, 0.2) is 5.69 Å². The van der Waals surface area contributed by atoms with Crippen molar-refractivity contribution in [2.45, 2.75) is 19.6 Å². The summed E-state index contributed by atoms with van der Waals surface area (Å²) in [5, 5.41) is 10.3. The number of halogens is 3. The third-order valence-electron chi connectivity index (χ3n) is 3.59. The lowest BCUT2D eigenvalue weighted by molar-refractivity contribution is -0.141. The monoisotopic (exact) mass is 362 g/mol. The van der Waals surface area contributed by atoms with Crippen LogP contribution in [0, 0.1) is 6.92 Å². The van der Waals surface area contributed by atoms with Crippen LogP contribution < -0.4 is 5.32 Å². The Bertz CT molecular complexity index is 906. The van der Waals surface area contributed by atoms with Gasteiger partial charge in [-0.25, -0.2) is 9.67 Å². The zero-order valence-electron chi connectivity index (χ0n) is 13.5. The molecule has 1 N–H and O–H groups in total. The fraction of sp³-hybridized carbons (Fsp3) is 0.188. The number of anilines is 1. The van der Waals surface area contributed by atoms with Gasteiger partial charge < -0.3 is 5.32 Å². The summed E-state index contributed by atoms with van der Waals surface area (Å²) in [6.45, 7) is 2.09. The molecule has 7 nitrogen and oxygen atoms in total.